The van der Waals surface area contributed by atoms with Gasteiger partial charge in [0.1, 0.15) is 11.6 Å². The van der Waals surface area contributed by atoms with Gasteiger partial charge in [0, 0.05) is 16.1 Å². The molecule has 1 aromatic heterocycles. The fraction of sp³-hybridized carbons (Fsp3) is 0.185. The van der Waals surface area contributed by atoms with E-state index in [4.69, 9.17) is 4.74 Å². The minimum absolute atomic E-state index is 0.00429. The van der Waals surface area contributed by atoms with Crippen molar-refractivity contribution < 1.29 is 9.53 Å². The van der Waals surface area contributed by atoms with Gasteiger partial charge in [0.2, 0.25) is 0 Å². The van der Waals surface area contributed by atoms with E-state index in [2.05, 4.69) is 53.9 Å². The molecule has 1 heterocycles. The molecule has 0 fully saturated rings. The molecule has 184 valence electrons. The number of aromatic nitrogens is 2. The number of anilines is 1. The Hall–Kier alpha value is -3.05. The molecule has 9 heteroatoms. The van der Waals surface area contributed by atoms with Crippen LogP contribution in [0.2, 0.25) is 0 Å². The van der Waals surface area contributed by atoms with Gasteiger partial charge in [-0.25, -0.2) is 4.98 Å². The molecule has 0 aliphatic rings. The fourth-order valence-electron chi connectivity index (χ4n) is 3.53. The standard InChI is InChI=1S/C27H24BrIN4O3/c1-16(2)26-32-23-10-9-19(28)13-20(23)27(35)33(26)30-14-18-8-11-24(21(29)12-18)36-15-25(34)31-22-7-5-4-6-17(22)3/h4-14,16H,15H2,1-3H3,(H,31,34). The van der Waals surface area contributed by atoms with Gasteiger partial charge in [0.05, 0.1) is 20.7 Å². The summed E-state index contributed by atoms with van der Waals surface area (Å²) in [5.74, 6) is 0.941. The first kappa shape index (κ1) is 26.0. The molecule has 1 N–H and O–H groups in total. The molecule has 3 aromatic carbocycles. The monoisotopic (exact) mass is 658 g/mol. The van der Waals surface area contributed by atoms with Gasteiger partial charge in [-0.1, -0.05) is 48.0 Å². The maximum absolute atomic E-state index is 13.2. The van der Waals surface area contributed by atoms with E-state index in [1.165, 1.54) is 4.68 Å². The molecule has 4 rings (SSSR count). The molecule has 0 atom stereocenters. The number of hydrogen-bond donors (Lipinski definition) is 1. The number of nitrogens with one attached hydrogen (secondary N) is 1. The molecular weight excluding hydrogens is 635 g/mol. The second-order valence-corrected chi connectivity index (χ2v) is 10.6. The van der Waals surface area contributed by atoms with Crippen LogP contribution >= 0.6 is 38.5 Å². The van der Waals surface area contributed by atoms with Crippen molar-refractivity contribution in [2.24, 2.45) is 5.10 Å². The lowest BCUT2D eigenvalue weighted by atomic mass is 10.2. The van der Waals surface area contributed by atoms with Crippen molar-refractivity contribution in [3.05, 3.63) is 96.0 Å². The number of hydrogen-bond acceptors (Lipinski definition) is 5. The van der Waals surface area contributed by atoms with Gasteiger partial charge >= 0.3 is 0 Å². The smallest absolute Gasteiger partial charge is 0.282 e. The third-order valence-corrected chi connectivity index (χ3v) is 6.74. The van der Waals surface area contributed by atoms with Crippen LogP contribution in [0.1, 0.15) is 36.7 Å². The zero-order chi connectivity index (χ0) is 25.8. The van der Waals surface area contributed by atoms with Gasteiger partial charge in [-0.05, 0) is 83.1 Å². The maximum Gasteiger partial charge on any atom is 0.282 e. The van der Waals surface area contributed by atoms with E-state index in [1.807, 2.05) is 69.3 Å². The number of halogens is 2. The Balaban J connectivity index is 1.52. The van der Waals surface area contributed by atoms with Crippen LogP contribution in [0.4, 0.5) is 5.69 Å². The van der Waals surface area contributed by atoms with Gasteiger partial charge in [0.15, 0.2) is 6.61 Å². The Morgan fingerprint density at radius 2 is 1.97 bits per heavy atom. The van der Waals surface area contributed by atoms with Crippen molar-refractivity contribution >= 4 is 67.2 Å². The maximum atomic E-state index is 13.2. The van der Waals surface area contributed by atoms with E-state index >= 15 is 0 Å². The van der Waals surface area contributed by atoms with Crippen molar-refractivity contribution in [3.8, 4) is 5.75 Å². The van der Waals surface area contributed by atoms with Crippen LogP contribution in [0.25, 0.3) is 10.9 Å². The average molecular weight is 659 g/mol. The van der Waals surface area contributed by atoms with Gasteiger partial charge in [-0.2, -0.15) is 9.78 Å². The topological polar surface area (TPSA) is 85.6 Å². The summed E-state index contributed by atoms with van der Waals surface area (Å²) < 4.78 is 8.70. The highest BCUT2D eigenvalue weighted by atomic mass is 127. The van der Waals surface area contributed by atoms with Crippen LogP contribution in [0.5, 0.6) is 5.75 Å². The summed E-state index contributed by atoms with van der Waals surface area (Å²) in [5, 5.41) is 7.82. The second kappa shape index (κ2) is 11.3. The lowest BCUT2D eigenvalue weighted by Gasteiger charge is -2.12. The Morgan fingerprint density at radius 1 is 1.19 bits per heavy atom. The van der Waals surface area contributed by atoms with Crippen LogP contribution < -0.4 is 15.6 Å². The number of nitrogens with zero attached hydrogens (tertiary/aromatic N) is 3. The number of ether oxygens (including phenoxy) is 1. The number of para-hydroxylation sites is 1. The Bertz CT molecular complexity index is 1530. The first-order chi connectivity index (χ1) is 17.2. The largest absolute Gasteiger partial charge is 0.483 e. The van der Waals surface area contributed by atoms with Gasteiger partial charge in [-0.3, -0.25) is 9.59 Å². The normalized spacial score (nSPS) is 11.4. The van der Waals surface area contributed by atoms with Crippen LogP contribution in [0, 0.1) is 10.5 Å². The molecule has 0 saturated carbocycles. The van der Waals surface area contributed by atoms with Gasteiger partial charge in [-0.15, -0.1) is 0 Å². The zero-order valence-electron chi connectivity index (χ0n) is 20.0. The molecule has 1 amide bonds. The minimum Gasteiger partial charge on any atom is -0.483 e. The summed E-state index contributed by atoms with van der Waals surface area (Å²) in [6.07, 6.45) is 1.62. The predicted molar refractivity (Wildman–Crippen MR) is 155 cm³/mol. The predicted octanol–water partition coefficient (Wildman–Crippen LogP) is 6.10. The molecular formula is C27H24BrIN4O3. The summed E-state index contributed by atoms with van der Waals surface area (Å²) in [4.78, 5) is 30.2. The molecule has 7 nitrogen and oxygen atoms in total. The number of aryl methyl sites for hydroxylation is 1. The van der Waals surface area contributed by atoms with Crippen molar-refractivity contribution in [2.45, 2.75) is 26.7 Å². The molecule has 0 spiro atoms. The first-order valence-electron chi connectivity index (χ1n) is 11.3. The molecule has 0 unspecified atom stereocenters. The Kier molecular flexibility index (Phi) is 8.20. The summed E-state index contributed by atoms with van der Waals surface area (Å²) in [7, 11) is 0. The van der Waals surface area contributed by atoms with E-state index in [0.717, 1.165) is 24.9 Å². The van der Waals surface area contributed by atoms with Crippen LogP contribution in [0.3, 0.4) is 0 Å². The Morgan fingerprint density at radius 3 is 2.69 bits per heavy atom. The first-order valence-corrected chi connectivity index (χ1v) is 13.1. The number of carbonyl (C=O) groups excluding carboxylic acids is 1. The second-order valence-electron chi connectivity index (χ2n) is 8.49. The van der Waals surface area contributed by atoms with Crippen LogP contribution in [0.15, 0.2) is 75.0 Å². The minimum atomic E-state index is -0.234. The zero-order valence-corrected chi connectivity index (χ0v) is 23.7. The summed E-state index contributed by atoms with van der Waals surface area (Å²) in [6, 6.07) is 18.5. The number of carbonyl (C=O) groups is 1. The highest BCUT2D eigenvalue weighted by molar-refractivity contribution is 14.1. The van der Waals surface area contributed by atoms with E-state index in [9.17, 15) is 9.59 Å². The quantitative estimate of drug-likeness (QED) is 0.192. The fourth-order valence-corrected chi connectivity index (χ4v) is 4.59. The van der Waals surface area contributed by atoms with Crippen molar-refractivity contribution in [1.82, 2.24) is 9.66 Å². The average Bonchev–Trinajstić information content (AvgIpc) is 2.84. The van der Waals surface area contributed by atoms with E-state index < -0.39 is 0 Å². The molecule has 0 saturated heterocycles. The third-order valence-electron chi connectivity index (χ3n) is 5.41. The highest BCUT2D eigenvalue weighted by Crippen LogP contribution is 2.23. The van der Waals surface area contributed by atoms with E-state index in [0.29, 0.717) is 22.5 Å². The van der Waals surface area contributed by atoms with Crippen molar-refractivity contribution in [3.63, 3.8) is 0 Å². The number of benzene rings is 3. The summed E-state index contributed by atoms with van der Waals surface area (Å²) in [6.45, 7) is 5.78. The van der Waals surface area contributed by atoms with Gasteiger partial charge < -0.3 is 10.1 Å². The SMILES string of the molecule is Cc1ccccc1NC(=O)COc1ccc(C=Nn2c(C(C)C)nc3ccc(Br)cc3c2=O)cc1I. The van der Waals surface area contributed by atoms with Crippen molar-refractivity contribution in [2.75, 3.05) is 11.9 Å². The highest BCUT2D eigenvalue weighted by Gasteiger charge is 2.14. The number of fused-ring (bicyclic) bond motifs is 1. The summed E-state index contributed by atoms with van der Waals surface area (Å²) >= 11 is 5.57. The molecule has 0 radical (unpaired) electrons. The van der Waals surface area contributed by atoms with Crippen LogP contribution in [-0.4, -0.2) is 28.4 Å². The molecule has 4 aromatic rings. The lowest BCUT2D eigenvalue weighted by molar-refractivity contribution is -0.118. The molecule has 0 aliphatic carbocycles. The van der Waals surface area contributed by atoms with Gasteiger partial charge in [0.25, 0.3) is 11.5 Å². The molecule has 0 bridgehead atoms. The Labute approximate surface area is 230 Å². The summed E-state index contributed by atoms with van der Waals surface area (Å²) in [5.41, 5.74) is 2.94. The van der Waals surface area contributed by atoms with Crippen LogP contribution in [-0.2, 0) is 4.79 Å². The van der Waals surface area contributed by atoms with E-state index in [1.54, 1.807) is 18.3 Å². The lowest BCUT2D eigenvalue weighted by Crippen LogP contribution is -2.23. The van der Waals surface area contributed by atoms with E-state index in [-0.39, 0.29) is 24.0 Å². The number of rotatable bonds is 7. The molecule has 36 heavy (non-hydrogen) atoms. The van der Waals surface area contributed by atoms with Crippen molar-refractivity contribution in [1.29, 1.82) is 0 Å². The third kappa shape index (κ3) is 6.01. The number of amides is 1. The molecule has 0 aliphatic heterocycles.